The number of nitrogens with two attached hydrogens (primary N) is 1. The minimum absolute atomic E-state index is 0.245. The van der Waals surface area contributed by atoms with Crippen LogP contribution in [0.5, 0.6) is 0 Å². The van der Waals surface area contributed by atoms with Crippen LogP contribution in [0, 0.1) is 11.3 Å². The van der Waals surface area contributed by atoms with Gasteiger partial charge in [0.25, 0.3) is 0 Å². The van der Waals surface area contributed by atoms with Crippen molar-refractivity contribution in [3.05, 3.63) is 0 Å². The summed E-state index contributed by atoms with van der Waals surface area (Å²) in [4.78, 5) is 17.1. The summed E-state index contributed by atoms with van der Waals surface area (Å²) in [7, 11) is 0. The maximum atomic E-state index is 12.5. The Labute approximate surface area is 123 Å². The van der Waals surface area contributed by atoms with Crippen LogP contribution in [0.3, 0.4) is 0 Å². The Morgan fingerprint density at radius 3 is 2.55 bits per heavy atom. The molecule has 0 aromatic rings. The SMILES string of the molecule is CCC(CCN)N1CCCN(C(=O)C2CC2(C)C)CC1. The van der Waals surface area contributed by atoms with Gasteiger partial charge in [0.1, 0.15) is 0 Å². The lowest BCUT2D eigenvalue weighted by molar-refractivity contribution is -0.133. The lowest BCUT2D eigenvalue weighted by Crippen LogP contribution is -2.40. The Bertz CT molecular complexity index is 343. The monoisotopic (exact) mass is 281 g/mol. The van der Waals surface area contributed by atoms with Gasteiger partial charge in [-0.05, 0) is 37.6 Å². The molecule has 2 unspecified atom stereocenters. The van der Waals surface area contributed by atoms with Crippen molar-refractivity contribution in [3.63, 3.8) is 0 Å². The highest BCUT2D eigenvalue weighted by Gasteiger charge is 2.51. The van der Waals surface area contributed by atoms with Crippen LogP contribution >= 0.6 is 0 Å². The number of hydrogen-bond donors (Lipinski definition) is 1. The summed E-state index contributed by atoms with van der Waals surface area (Å²) < 4.78 is 0. The van der Waals surface area contributed by atoms with Crippen molar-refractivity contribution in [2.24, 2.45) is 17.1 Å². The number of rotatable bonds is 5. The molecular formula is C16H31N3O. The van der Waals surface area contributed by atoms with Crippen molar-refractivity contribution in [1.29, 1.82) is 0 Å². The molecule has 1 aliphatic heterocycles. The second-order valence-electron chi connectivity index (χ2n) is 7.10. The molecule has 0 radical (unpaired) electrons. The minimum Gasteiger partial charge on any atom is -0.341 e. The first-order valence-corrected chi connectivity index (χ1v) is 8.22. The largest absolute Gasteiger partial charge is 0.341 e. The zero-order valence-corrected chi connectivity index (χ0v) is 13.4. The van der Waals surface area contributed by atoms with E-state index in [4.69, 9.17) is 5.73 Å². The maximum Gasteiger partial charge on any atom is 0.226 e. The Hall–Kier alpha value is -0.610. The second kappa shape index (κ2) is 6.44. The quantitative estimate of drug-likeness (QED) is 0.834. The van der Waals surface area contributed by atoms with E-state index in [1.165, 1.54) is 0 Å². The van der Waals surface area contributed by atoms with Gasteiger partial charge >= 0.3 is 0 Å². The summed E-state index contributed by atoms with van der Waals surface area (Å²) in [5.41, 5.74) is 5.96. The first-order chi connectivity index (χ1) is 9.49. The highest BCUT2D eigenvalue weighted by Crippen LogP contribution is 2.52. The standard InChI is InChI=1S/C16H31N3O/c1-4-13(6-7-17)18-8-5-9-19(11-10-18)15(20)14-12-16(14,2)3/h13-14H,4-12,17H2,1-3H3. The normalized spacial score (nSPS) is 28.0. The number of nitrogens with zero attached hydrogens (tertiary/aromatic N) is 2. The lowest BCUT2D eigenvalue weighted by atomic mass is 10.1. The van der Waals surface area contributed by atoms with Crippen LogP contribution < -0.4 is 5.73 Å². The summed E-state index contributed by atoms with van der Waals surface area (Å²) >= 11 is 0. The van der Waals surface area contributed by atoms with Crippen LogP contribution in [-0.2, 0) is 4.79 Å². The average Bonchev–Trinajstić information content (AvgIpc) is 3.12. The van der Waals surface area contributed by atoms with Gasteiger partial charge in [0, 0.05) is 38.1 Å². The van der Waals surface area contributed by atoms with Crippen molar-refractivity contribution in [3.8, 4) is 0 Å². The van der Waals surface area contributed by atoms with Crippen LogP contribution in [0.25, 0.3) is 0 Å². The van der Waals surface area contributed by atoms with E-state index in [-0.39, 0.29) is 11.3 Å². The van der Waals surface area contributed by atoms with Crippen molar-refractivity contribution in [1.82, 2.24) is 9.80 Å². The third-order valence-electron chi connectivity index (χ3n) is 5.14. The molecule has 1 aliphatic carbocycles. The summed E-state index contributed by atoms with van der Waals surface area (Å²) in [6, 6.07) is 0.590. The van der Waals surface area contributed by atoms with Gasteiger partial charge in [0.15, 0.2) is 0 Å². The maximum absolute atomic E-state index is 12.5. The van der Waals surface area contributed by atoms with E-state index in [1.54, 1.807) is 0 Å². The molecule has 2 rings (SSSR count). The first-order valence-electron chi connectivity index (χ1n) is 8.22. The van der Waals surface area contributed by atoms with Gasteiger partial charge < -0.3 is 10.6 Å². The van der Waals surface area contributed by atoms with Crippen molar-refractivity contribution in [2.75, 3.05) is 32.7 Å². The van der Waals surface area contributed by atoms with E-state index >= 15 is 0 Å². The fourth-order valence-electron chi connectivity index (χ4n) is 3.47. The molecule has 4 heteroatoms. The van der Waals surface area contributed by atoms with E-state index in [0.717, 1.165) is 58.4 Å². The Morgan fingerprint density at radius 2 is 2.00 bits per heavy atom. The van der Waals surface area contributed by atoms with Gasteiger partial charge in [0.2, 0.25) is 5.91 Å². The zero-order valence-electron chi connectivity index (χ0n) is 13.4. The van der Waals surface area contributed by atoms with Crippen molar-refractivity contribution in [2.45, 2.75) is 52.5 Å². The number of carbonyl (C=O) groups excluding carboxylic acids is 1. The second-order valence-corrected chi connectivity index (χ2v) is 7.10. The van der Waals surface area contributed by atoms with Crippen LogP contribution in [0.4, 0.5) is 0 Å². The van der Waals surface area contributed by atoms with Crippen LogP contribution in [0.15, 0.2) is 0 Å². The highest BCUT2D eigenvalue weighted by atomic mass is 16.2. The predicted molar refractivity (Wildman–Crippen MR) is 82.4 cm³/mol. The molecule has 2 atom stereocenters. The Kier molecular flexibility index (Phi) is 5.08. The van der Waals surface area contributed by atoms with Crippen LogP contribution in [0.2, 0.25) is 0 Å². The topological polar surface area (TPSA) is 49.6 Å². The van der Waals surface area contributed by atoms with Crippen molar-refractivity contribution < 1.29 is 4.79 Å². The fraction of sp³-hybridized carbons (Fsp3) is 0.938. The lowest BCUT2D eigenvalue weighted by Gasteiger charge is -2.29. The van der Waals surface area contributed by atoms with Crippen LogP contribution in [0.1, 0.15) is 46.5 Å². The molecule has 0 aromatic heterocycles. The van der Waals surface area contributed by atoms with Crippen molar-refractivity contribution >= 4 is 5.91 Å². The fourth-order valence-corrected chi connectivity index (χ4v) is 3.47. The molecule has 4 nitrogen and oxygen atoms in total. The highest BCUT2D eigenvalue weighted by molar-refractivity contribution is 5.82. The molecule has 1 saturated heterocycles. The number of carbonyl (C=O) groups is 1. The third-order valence-corrected chi connectivity index (χ3v) is 5.14. The molecule has 1 saturated carbocycles. The zero-order chi connectivity index (χ0) is 14.8. The molecule has 0 aromatic carbocycles. The van der Waals surface area contributed by atoms with Gasteiger partial charge in [-0.15, -0.1) is 0 Å². The third kappa shape index (κ3) is 3.53. The van der Waals surface area contributed by atoms with Gasteiger partial charge in [-0.2, -0.15) is 0 Å². The molecular weight excluding hydrogens is 250 g/mol. The average molecular weight is 281 g/mol. The molecule has 20 heavy (non-hydrogen) atoms. The minimum atomic E-state index is 0.245. The van der Waals surface area contributed by atoms with E-state index in [9.17, 15) is 4.79 Å². The predicted octanol–water partition coefficient (Wildman–Crippen LogP) is 1.69. The summed E-state index contributed by atoms with van der Waals surface area (Å²) in [5, 5.41) is 0. The first kappa shape index (κ1) is 15.8. The van der Waals surface area contributed by atoms with Gasteiger partial charge in [-0.25, -0.2) is 0 Å². The van der Waals surface area contributed by atoms with Crippen LogP contribution in [-0.4, -0.2) is 54.5 Å². The molecule has 0 spiro atoms. The smallest absolute Gasteiger partial charge is 0.226 e. The van der Waals surface area contributed by atoms with E-state index in [1.807, 2.05) is 0 Å². The molecule has 1 heterocycles. The van der Waals surface area contributed by atoms with Gasteiger partial charge in [-0.1, -0.05) is 20.8 Å². The summed E-state index contributed by atoms with van der Waals surface area (Å²) in [6.45, 7) is 11.3. The molecule has 2 aliphatic rings. The summed E-state index contributed by atoms with van der Waals surface area (Å²) in [5.74, 6) is 0.670. The molecule has 0 bridgehead atoms. The van der Waals surface area contributed by atoms with E-state index in [0.29, 0.717) is 11.9 Å². The molecule has 116 valence electrons. The Morgan fingerprint density at radius 1 is 1.30 bits per heavy atom. The summed E-state index contributed by atoms with van der Waals surface area (Å²) in [6.07, 6.45) is 4.39. The van der Waals surface area contributed by atoms with E-state index in [2.05, 4.69) is 30.6 Å². The molecule has 1 amide bonds. The number of hydrogen-bond acceptors (Lipinski definition) is 3. The number of amides is 1. The molecule has 2 N–H and O–H groups in total. The van der Waals surface area contributed by atoms with Gasteiger partial charge in [-0.3, -0.25) is 9.69 Å². The Balaban J connectivity index is 1.87. The van der Waals surface area contributed by atoms with E-state index < -0.39 is 0 Å². The molecule has 2 fully saturated rings. The van der Waals surface area contributed by atoms with Gasteiger partial charge in [0.05, 0.1) is 0 Å².